The van der Waals surface area contributed by atoms with E-state index in [9.17, 15) is 4.79 Å². The van der Waals surface area contributed by atoms with Gasteiger partial charge in [0, 0.05) is 38.8 Å². The zero-order valence-electron chi connectivity index (χ0n) is 12.2. The van der Waals surface area contributed by atoms with E-state index >= 15 is 0 Å². The Labute approximate surface area is 124 Å². The van der Waals surface area contributed by atoms with Gasteiger partial charge in [0.25, 0.3) is 5.91 Å². The standard InChI is InChI=1S/C14H22N6O/c21-14(13-10-20(17-16-13)12-7-15-8-12)19-6-5-18-4-2-1-3-11(18)9-19/h10-12,15H,1-9H2. The van der Waals surface area contributed by atoms with Gasteiger partial charge in [-0.2, -0.15) is 0 Å². The molecule has 1 aromatic rings. The molecule has 4 rings (SSSR count). The number of amides is 1. The van der Waals surface area contributed by atoms with Gasteiger partial charge >= 0.3 is 0 Å². The number of fused-ring (bicyclic) bond motifs is 1. The molecule has 3 aliphatic heterocycles. The summed E-state index contributed by atoms with van der Waals surface area (Å²) >= 11 is 0. The quantitative estimate of drug-likeness (QED) is 0.812. The highest BCUT2D eigenvalue weighted by Gasteiger charge is 2.32. The van der Waals surface area contributed by atoms with Gasteiger partial charge in [-0.1, -0.05) is 11.6 Å². The number of piperazine rings is 1. The van der Waals surface area contributed by atoms with Crippen molar-refractivity contribution in [3.8, 4) is 0 Å². The van der Waals surface area contributed by atoms with Crippen molar-refractivity contribution in [3.05, 3.63) is 11.9 Å². The maximum Gasteiger partial charge on any atom is 0.276 e. The Balaban J connectivity index is 1.43. The number of carbonyl (C=O) groups excluding carboxylic acids is 1. The van der Waals surface area contributed by atoms with E-state index in [4.69, 9.17) is 0 Å². The SMILES string of the molecule is O=C(c1cn(C2CNC2)nn1)N1CCN2CCCCC2C1. The maximum atomic E-state index is 12.6. The molecule has 3 saturated heterocycles. The summed E-state index contributed by atoms with van der Waals surface area (Å²) in [7, 11) is 0. The number of piperidine rings is 1. The van der Waals surface area contributed by atoms with Crippen molar-refractivity contribution in [2.75, 3.05) is 39.3 Å². The molecular formula is C14H22N6O. The number of carbonyl (C=O) groups is 1. The molecule has 114 valence electrons. The summed E-state index contributed by atoms with van der Waals surface area (Å²) in [5.74, 6) is 0.0405. The van der Waals surface area contributed by atoms with Crippen LogP contribution in [-0.4, -0.2) is 76.0 Å². The summed E-state index contributed by atoms with van der Waals surface area (Å²) in [4.78, 5) is 17.1. The molecule has 1 N–H and O–H groups in total. The Hall–Kier alpha value is -1.47. The molecule has 1 aromatic heterocycles. The van der Waals surface area contributed by atoms with E-state index in [1.54, 1.807) is 6.20 Å². The second-order valence-corrected chi connectivity index (χ2v) is 6.33. The van der Waals surface area contributed by atoms with Crippen molar-refractivity contribution < 1.29 is 4.79 Å². The number of nitrogens with zero attached hydrogens (tertiary/aromatic N) is 5. The predicted molar refractivity (Wildman–Crippen MR) is 77.0 cm³/mol. The van der Waals surface area contributed by atoms with Crippen LogP contribution in [0.2, 0.25) is 0 Å². The molecule has 4 heterocycles. The Bertz CT molecular complexity index is 525. The van der Waals surface area contributed by atoms with Crippen LogP contribution in [0.1, 0.15) is 35.8 Å². The number of hydrogen-bond acceptors (Lipinski definition) is 5. The molecule has 0 radical (unpaired) electrons. The van der Waals surface area contributed by atoms with Crippen LogP contribution in [0.15, 0.2) is 6.20 Å². The zero-order valence-corrected chi connectivity index (χ0v) is 12.2. The lowest BCUT2D eigenvalue weighted by Crippen LogP contribution is -2.56. The van der Waals surface area contributed by atoms with E-state index in [0.29, 0.717) is 17.8 Å². The average molecular weight is 290 g/mol. The largest absolute Gasteiger partial charge is 0.334 e. The van der Waals surface area contributed by atoms with Gasteiger partial charge in [0.05, 0.1) is 12.2 Å². The molecule has 1 amide bonds. The first-order valence-electron chi connectivity index (χ1n) is 7.97. The van der Waals surface area contributed by atoms with Crippen molar-refractivity contribution in [2.24, 2.45) is 0 Å². The van der Waals surface area contributed by atoms with Crippen molar-refractivity contribution in [2.45, 2.75) is 31.3 Å². The molecule has 7 nitrogen and oxygen atoms in total. The summed E-state index contributed by atoms with van der Waals surface area (Å²) in [6.45, 7) is 5.67. The van der Waals surface area contributed by atoms with E-state index < -0.39 is 0 Å². The van der Waals surface area contributed by atoms with Gasteiger partial charge in [0.2, 0.25) is 0 Å². The topological polar surface area (TPSA) is 66.3 Å². The number of aromatic nitrogens is 3. The number of nitrogens with one attached hydrogen (secondary N) is 1. The van der Waals surface area contributed by atoms with Gasteiger partial charge in [0.15, 0.2) is 5.69 Å². The number of rotatable bonds is 2. The molecule has 3 aliphatic rings. The van der Waals surface area contributed by atoms with Crippen molar-refractivity contribution in [3.63, 3.8) is 0 Å². The third-order valence-electron chi connectivity index (χ3n) is 4.99. The Kier molecular flexibility index (Phi) is 3.39. The third kappa shape index (κ3) is 2.44. The van der Waals surface area contributed by atoms with Crippen LogP contribution in [0.25, 0.3) is 0 Å². The summed E-state index contributed by atoms with van der Waals surface area (Å²) in [6.07, 6.45) is 5.60. The first kappa shape index (κ1) is 13.2. The zero-order chi connectivity index (χ0) is 14.2. The monoisotopic (exact) mass is 290 g/mol. The molecule has 0 saturated carbocycles. The van der Waals surface area contributed by atoms with Crippen LogP contribution in [0.4, 0.5) is 0 Å². The van der Waals surface area contributed by atoms with Crippen LogP contribution in [-0.2, 0) is 0 Å². The Morgan fingerprint density at radius 1 is 1.19 bits per heavy atom. The highest BCUT2D eigenvalue weighted by molar-refractivity contribution is 5.92. The molecule has 7 heteroatoms. The van der Waals surface area contributed by atoms with Crippen LogP contribution < -0.4 is 5.32 Å². The molecule has 0 aliphatic carbocycles. The minimum absolute atomic E-state index is 0.0405. The van der Waals surface area contributed by atoms with E-state index in [-0.39, 0.29) is 5.91 Å². The Morgan fingerprint density at radius 3 is 2.90 bits per heavy atom. The fourth-order valence-corrected chi connectivity index (χ4v) is 3.52. The minimum atomic E-state index is 0.0405. The van der Waals surface area contributed by atoms with Gasteiger partial charge in [-0.15, -0.1) is 5.10 Å². The van der Waals surface area contributed by atoms with Gasteiger partial charge in [-0.3, -0.25) is 9.69 Å². The highest BCUT2D eigenvalue weighted by atomic mass is 16.2. The molecule has 1 atom stereocenters. The molecular weight excluding hydrogens is 268 g/mol. The van der Waals surface area contributed by atoms with Crippen molar-refractivity contribution >= 4 is 5.91 Å². The third-order valence-corrected chi connectivity index (χ3v) is 4.99. The molecule has 21 heavy (non-hydrogen) atoms. The van der Waals surface area contributed by atoms with Gasteiger partial charge in [0.1, 0.15) is 0 Å². The fourth-order valence-electron chi connectivity index (χ4n) is 3.52. The molecule has 3 fully saturated rings. The Morgan fingerprint density at radius 2 is 2.10 bits per heavy atom. The first-order valence-corrected chi connectivity index (χ1v) is 7.97. The lowest BCUT2D eigenvalue weighted by atomic mass is 9.99. The molecule has 1 unspecified atom stereocenters. The number of hydrogen-bond donors (Lipinski definition) is 1. The smallest absolute Gasteiger partial charge is 0.276 e. The second-order valence-electron chi connectivity index (χ2n) is 6.33. The lowest BCUT2D eigenvalue weighted by molar-refractivity contribution is 0.0368. The fraction of sp³-hybridized carbons (Fsp3) is 0.786. The van der Waals surface area contributed by atoms with Crippen LogP contribution in [0, 0.1) is 0 Å². The molecule has 0 spiro atoms. The van der Waals surface area contributed by atoms with Gasteiger partial charge in [-0.25, -0.2) is 4.68 Å². The van der Waals surface area contributed by atoms with Gasteiger partial charge in [-0.05, 0) is 19.4 Å². The summed E-state index contributed by atoms with van der Waals surface area (Å²) in [5.41, 5.74) is 0.492. The van der Waals surface area contributed by atoms with Gasteiger partial charge < -0.3 is 10.2 Å². The van der Waals surface area contributed by atoms with Crippen LogP contribution in [0.5, 0.6) is 0 Å². The van der Waals surface area contributed by atoms with E-state index in [1.165, 1.54) is 25.8 Å². The van der Waals surface area contributed by atoms with Crippen molar-refractivity contribution in [1.82, 2.24) is 30.1 Å². The lowest BCUT2D eigenvalue weighted by Gasteiger charge is -2.43. The summed E-state index contributed by atoms with van der Waals surface area (Å²) in [5, 5.41) is 11.4. The molecule has 0 aromatic carbocycles. The van der Waals surface area contributed by atoms with E-state index in [2.05, 4.69) is 20.5 Å². The first-order chi connectivity index (χ1) is 10.3. The normalized spacial score (nSPS) is 27.2. The predicted octanol–water partition coefficient (Wildman–Crippen LogP) is -0.267. The minimum Gasteiger partial charge on any atom is -0.334 e. The maximum absolute atomic E-state index is 12.6. The second kappa shape index (κ2) is 5.38. The summed E-state index contributed by atoms with van der Waals surface area (Å²) in [6, 6.07) is 0.900. The van der Waals surface area contributed by atoms with Crippen LogP contribution in [0.3, 0.4) is 0 Å². The van der Waals surface area contributed by atoms with Crippen LogP contribution >= 0.6 is 0 Å². The summed E-state index contributed by atoms with van der Waals surface area (Å²) < 4.78 is 1.82. The van der Waals surface area contributed by atoms with E-state index in [0.717, 1.165) is 32.7 Å². The van der Waals surface area contributed by atoms with Crippen molar-refractivity contribution in [1.29, 1.82) is 0 Å². The molecule has 0 bridgehead atoms. The highest BCUT2D eigenvalue weighted by Crippen LogP contribution is 2.22. The average Bonchev–Trinajstić information content (AvgIpc) is 2.93. The van der Waals surface area contributed by atoms with E-state index in [1.807, 2.05) is 9.58 Å².